The molecule has 1 heterocycles. The number of rotatable bonds is 3. The van der Waals surface area contributed by atoms with Gasteiger partial charge in [0.15, 0.2) is 0 Å². The first-order chi connectivity index (χ1) is 11.1. The molecule has 1 aliphatic carbocycles. The highest BCUT2D eigenvalue weighted by Gasteiger charge is 2.26. The number of aryl methyl sites for hydroxylation is 2. The van der Waals surface area contributed by atoms with Gasteiger partial charge in [0.2, 0.25) is 0 Å². The summed E-state index contributed by atoms with van der Waals surface area (Å²) < 4.78 is 0. The van der Waals surface area contributed by atoms with Gasteiger partial charge in [0.25, 0.3) is 5.91 Å². The minimum absolute atomic E-state index is 0.0406. The number of carbonyl (C=O) groups excluding carboxylic acids is 1. The number of thiazole rings is 1. The van der Waals surface area contributed by atoms with Crippen molar-refractivity contribution in [3.8, 4) is 6.07 Å². The van der Waals surface area contributed by atoms with Gasteiger partial charge >= 0.3 is 0 Å². The molecule has 0 aliphatic heterocycles. The molecule has 118 valence electrons. The molecule has 23 heavy (non-hydrogen) atoms. The standard InChI is InChI=1S/C18H19N3OS/c1-12-20-17-15(7-4-8-16(17)23-12)11-21(2)18(22)14-6-3-5-13(9-14)10-19/h3,5-6,9,15H,4,7-8,11H2,1-2H3/t15-/m1/s1. The van der Waals surface area contributed by atoms with Crippen molar-refractivity contribution in [3.05, 3.63) is 51.0 Å². The molecule has 0 spiro atoms. The van der Waals surface area contributed by atoms with E-state index in [1.54, 1.807) is 40.5 Å². The molecule has 1 aromatic carbocycles. The summed E-state index contributed by atoms with van der Waals surface area (Å²) in [5, 5.41) is 10.1. The van der Waals surface area contributed by atoms with E-state index in [9.17, 15) is 4.79 Å². The second kappa shape index (κ2) is 6.51. The van der Waals surface area contributed by atoms with Gasteiger partial charge in [-0.3, -0.25) is 4.79 Å². The van der Waals surface area contributed by atoms with Crippen LogP contribution in [0.5, 0.6) is 0 Å². The number of amides is 1. The third kappa shape index (κ3) is 3.27. The molecule has 0 N–H and O–H groups in total. The molecular formula is C18H19N3OS. The van der Waals surface area contributed by atoms with Crippen LogP contribution < -0.4 is 0 Å². The van der Waals surface area contributed by atoms with E-state index in [2.05, 4.69) is 11.1 Å². The fraction of sp³-hybridized carbons (Fsp3) is 0.389. The summed E-state index contributed by atoms with van der Waals surface area (Å²) in [5.74, 6) is 0.276. The van der Waals surface area contributed by atoms with Crippen LogP contribution >= 0.6 is 11.3 Å². The van der Waals surface area contributed by atoms with Crippen molar-refractivity contribution >= 4 is 17.2 Å². The predicted molar refractivity (Wildman–Crippen MR) is 90.6 cm³/mol. The minimum Gasteiger partial charge on any atom is -0.341 e. The van der Waals surface area contributed by atoms with Gasteiger partial charge in [-0.15, -0.1) is 11.3 Å². The summed E-state index contributed by atoms with van der Waals surface area (Å²) in [6.07, 6.45) is 3.34. The quantitative estimate of drug-likeness (QED) is 0.867. The van der Waals surface area contributed by atoms with Crippen molar-refractivity contribution in [3.63, 3.8) is 0 Å². The summed E-state index contributed by atoms with van der Waals surface area (Å²) in [7, 11) is 1.83. The molecule has 1 aromatic heterocycles. The molecule has 0 saturated heterocycles. The Morgan fingerprint density at radius 3 is 3.13 bits per heavy atom. The number of nitriles is 1. The van der Waals surface area contributed by atoms with Gasteiger partial charge in [-0.25, -0.2) is 4.98 Å². The molecule has 0 fully saturated rings. The highest BCUT2D eigenvalue weighted by Crippen LogP contribution is 2.35. The highest BCUT2D eigenvalue weighted by atomic mass is 32.1. The molecule has 0 saturated carbocycles. The smallest absolute Gasteiger partial charge is 0.253 e. The Morgan fingerprint density at radius 1 is 1.52 bits per heavy atom. The van der Waals surface area contributed by atoms with E-state index >= 15 is 0 Å². The average Bonchev–Trinajstić information content (AvgIpc) is 2.95. The first-order valence-corrected chi connectivity index (χ1v) is 8.62. The molecule has 5 heteroatoms. The summed E-state index contributed by atoms with van der Waals surface area (Å²) in [6.45, 7) is 2.72. The zero-order valence-electron chi connectivity index (χ0n) is 13.4. The van der Waals surface area contributed by atoms with Crippen molar-refractivity contribution in [2.24, 2.45) is 0 Å². The van der Waals surface area contributed by atoms with Crippen LogP contribution in [-0.4, -0.2) is 29.4 Å². The van der Waals surface area contributed by atoms with Gasteiger partial charge in [0, 0.05) is 30.0 Å². The minimum atomic E-state index is -0.0406. The van der Waals surface area contributed by atoms with Crippen molar-refractivity contribution in [1.82, 2.24) is 9.88 Å². The number of benzene rings is 1. The SMILES string of the molecule is Cc1nc2c(s1)CCC[C@@H]2CN(C)C(=O)c1cccc(C#N)c1. The number of nitrogens with zero attached hydrogens (tertiary/aromatic N) is 3. The third-order valence-corrected chi connectivity index (χ3v) is 5.30. The normalized spacial score (nSPS) is 16.5. The molecule has 3 rings (SSSR count). The fourth-order valence-corrected chi connectivity index (χ4v) is 4.23. The molecule has 0 bridgehead atoms. The summed E-state index contributed by atoms with van der Waals surface area (Å²) >= 11 is 1.78. The maximum Gasteiger partial charge on any atom is 0.253 e. The maximum absolute atomic E-state index is 12.6. The van der Waals surface area contributed by atoms with E-state index < -0.39 is 0 Å². The molecule has 0 radical (unpaired) electrons. The van der Waals surface area contributed by atoms with E-state index in [1.807, 2.05) is 14.0 Å². The lowest BCUT2D eigenvalue weighted by Crippen LogP contribution is -2.32. The lowest BCUT2D eigenvalue weighted by Gasteiger charge is -2.26. The zero-order chi connectivity index (χ0) is 16.4. The Kier molecular flexibility index (Phi) is 4.44. The van der Waals surface area contributed by atoms with Crippen LogP contribution in [-0.2, 0) is 6.42 Å². The van der Waals surface area contributed by atoms with Crippen molar-refractivity contribution in [2.45, 2.75) is 32.1 Å². The van der Waals surface area contributed by atoms with Crippen LogP contribution in [0.1, 0.15) is 50.3 Å². The largest absolute Gasteiger partial charge is 0.341 e. The molecule has 1 atom stereocenters. The van der Waals surface area contributed by atoms with Crippen LogP contribution in [0.25, 0.3) is 0 Å². The van der Waals surface area contributed by atoms with Crippen LogP contribution in [0.15, 0.2) is 24.3 Å². The van der Waals surface area contributed by atoms with E-state index in [1.165, 1.54) is 10.6 Å². The molecule has 1 amide bonds. The zero-order valence-corrected chi connectivity index (χ0v) is 14.2. The third-order valence-electron chi connectivity index (χ3n) is 4.26. The Balaban J connectivity index is 1.75. The summed E-state index contributed by atoms with van der Waals surface area (Å²) in [5.41, 5.74) is 2.26. The fourth-order valence-electron chi connectivity index (χ4n) is 3.16. The van der Waals surface area contributed by atoms with Crippen molar-refractivity contribution in [2.75, 3.05) is 13.6 Å². The number of aromatic nitrogens is 1. The van der Waals surface area contributed by atoms with E-state index in [0.29, 0.717) is 23.6 Å². The topological polar surface area (TPSA) is 57.0 Å². The molecule has 0 unspecified atom stereocenters. The Bertz CT molecular complexity index is 775. The predicted octanol–water partition coefficient (Wildman–Crippen LogP) is 3.52. The average molecular weight is 325 g/mol. The number of likely N-dealkylation sites (N-methyl/N-ethyl adjacent to an activating group) is 1. The van der Waals surface area contributed by atoms with Gasteiger partial charge in [0.1, 0.15) is 0 Å². The van der Waals surface area contributed by atoms with Crippen LogP contribution in [0.4, 0.5) is 0 Å². The van der Waals surface area contributed by atoms with Gasteiger partial charge < -0.3 is 4.90 Å². The lowest BCUT2D eigenvalue weighted by atomic mass is 9.90. The molecule has 2 aromatic rings. The van der Waals surface area contributed by atoms with Crippen molar-refractivity contribution < 1.29 is 4.79 Å². The first kappa shape index (κ1) is 15.7. The van der Waals surface area contributed by atoms with Crippen LogP contribution in [0.3, 0.4) is 0 Å². The maximum atomic E-state index is 12.6. The van der Waals surface area contributed by atoms with Gasteiger partial charge in [0.05, 0.1) is 22.3 Å². The Labute approximate surface area is 140 Å². The van der Waals surface area contributed by atoms with E-state index in [-0.39, 0.29) is 5.91 Å². The summed E-state index contributed by atoms with van der Waals surface area (Å²) in [4.78, 5) is 20.4. The Morgan fingerprint density at radius 2 is 2.35 bits per heavy atom. The number of hydrogen-bond acceptors (Lipinski definition) is 4. The van der Waals surface area contributed by atoms with E-state index in [0.717, 1.165) is 24.3 Å². The second-order valence-electron chi connectivity index (χ2n) is 6.01. The molecular weight excluding hydrogens is 306 g/mol. The monoisotopic (exact) mass is 325 g/mol. The Hall–Kier alpha value is -2.19. The first-order valence-electron chi connectivity index (χ1n) is 7.80. The second-order valence-corrected chi connectivity index (χ2v) is 7.30. The van der Waals surface area contributed by atoms with Crippen LogP contribution in [0, 0.1) is 18.3 Å². The molecule has 1 aliphatic rings. The van der Waals surface area contributed by atoms with E-state index in [4.69, 9.17) is 5.26 Å². The van der Waals surface area contributed by atoms with Gasteiger partial charge in [-0.05, 0) is 44.4 Å². The number of hydrogen-bond donors (Lipinski definition) is 0. The number of fused-ring (bicyclic) bond motifs is 1. The van der Waals surface area contributed by atoms with Gasteiger partial charge in [-0.1, -0.05) is 6.07 Å². The summed E-state index contributed by atoms with van der Waals surface area (Å²) in [6, 6.07) is 8.96. The van der Waals surface area contributed by atoms with Gasteiger partial charge in [-0.2, -0.15) is 5.26 Å². The van der Waals surface area contributed by atoms with Crippen LogP contribution in [0.2, 0.25) is 0 Å². The highest BCUT2D eigenvalue weighted by molar-refractivity contribution is 7.11. The lowest BCUT2D eigenvalue weighted by molar-refractivity contribution is 0.0783. The number of carbonyl (C=O) groups is 1. The van der Waals surface area contributed by atoms with Crippen molar-refractivity contribution in [1.29, 1.82) is 5.26 Å². The molecule has 4 nitrogen and oxygen atoms in total.